The first kappa shape index (κ1) is 30.3. The van der Waals surface area contributed by atoms with E-state index < -0.39 is 6.09 Å². The second kappa shape index (κ2) is 14.8. The number of hydrogen-bond acceptors (Lipinski definition) is 7. The zero-order chi connectivity index (χ0) is 26.9. The zero-order valence-corrected chi connectivity index (χ0v) is 23.0. The van der Waals surface area contributed by atoms with Gasteiger partial charge in [-0.3, -0.25) is 9.36 Å². The van der Waals surface area contributed by atoms with E-state index in [1.807, 2.05) is 60.7 Å². The molecule has 4 heterocycles. The summed E-state index contributed by atoms with van der Waals surface area (Å²) >= 11 is 0. The van der Waals surface area contributed by atoms with Gasteiger partial charge in [-0.2, -0.15) is 10.2 Å². The molecule has 2 aromatic heterocycles. The summed E-state index contributed by atoms with van der Waals surface area (Å²) in [5.41, 5.74) is 8.20. The standard InChI is InChI=1S/C19H25N3O4.C9H15N3.CH4/c1-14-16(12-18-24-10-11-25-18)17(21-22(14)2)8-9-20-19(23)26-13-15-6-4-3-5-7-15;1-7-8-3-5-10-6-4-9(8)11-12(7)2;/h3-7,18H,8-13H2,1-2H3,(H,20,23);10H,3-6H2,1-2H3;1H4. The average Bonchev–Trinajstić information content (AvgIpc) is 3.54. The first-order chi connectivity index (χ1) is 18.4. The Bertz CT molecular complexity index is 1180. The van der Waals surface area contributed by atoms with Crippen LogP contribution < -0.4 is 10.6 Å². The van der Waals surface area contributed by atoms with Crippen LogP contribution in [0.4, 0.5) is 4.79 Å². The van der Waals surface area contributed by atoms with Crippen LogP contribution in [0.2, 0.25) is 0 Å². The van der Waals surface area contributed by atoms with Gasteiger partial charge in [-0.25, -0.2) is 4.79 Å². The highest BCUT2D eigenvalue weighted by atomic mass is 16.7. The molecule has 214 valence electrons. The van der Waals surface area contributed by atoms with Crippen molar-refractivity contribution >= 4 is 6.09 Å². The summed E-state index contributed by atoms with van der Waals surface area (Å²) in [6.07, 6.45) is 2.88. The predicted octanol–water partition coefficient (Wildman–Crippen LogP) is 3.17. The van der Waals surface area contributed by atoms with E-state index in [-0.39, 0.29) is 20.3 Å². The van der Waals surface area contributed by atoms with E-state index in [0.717, 1.165) is 48.4 Å². The zero-order valence-electron chi connectivity index (χ0n) is 23.0. The van der Waals surface area contributed by atoms with Crippen LogP contribution in [0.1, 0.15) is 46.9 Å². The Balaban J connectivity index is 0.000000270. The van der Waals surface area contributed by atoms with Crippen molar-refractivity contribution in [3.63, 3.8) is 0 Å². The molecule has 2 aliphatic heterocycles. The van der Waals surface area contributed by atoms with Crippen LogP contribution >= 0.6 is 0 Å². The van der Waals surface area contributed by atoms with Crippen molar-refractivity contribution < 1.29 is 19.0 Å². The van der Waals surface area contributed by atoms with Gasteiger partial charge in [0, 0.05) is 63.4 Å². The van der Waals surface area contributed by atoms with Crippen molar-refractivity contribution in [3.8, 4) is 0 Å². The summed E-state index contributed by atoms with van der Waals surface area (Å²) in [6.45, 7) is 8.34. The van der Waals surface area contributed by atoms with Crippen molar-refractivity contribution in [1.29, 1.82) is 0 Å². The lowest BCUT2D eigenvalue weighted by atomic mass is 10.1. The number of ether oxygens (including phenoxy) is 3. The number of nitrogens with one attached hydrogen (secondary N) is 2. The molecular formula is C29H44N6O4. The molecule has 39 heavy (non-hydrogen) atoms. The van der Waals surface area contributed by atoms with Crippen LogP contribution in [-0.2, 0) is 60.6 Å². The summed E-state index contributed by atoms with van der Waals surface area (Å²) in [4.78, 5) is 11.8. The largest absolute Gasteiger partial charge is 0.445 e. The number of carbonyl (C=O) groups is 1. The molecular weight excluding hydrogens is 496 g/mol. The second-order valence-electron chi connectivity index (χ2n) is 9.63. The highest BCUT2D eigenvalue weighted by molar-refractivity contribution is 5.67. The number of hydrogen-bond donors (Lipinski definition) is 2. The van der Waals surface area contributed by atoms with Gasteiger partial charge in [0.15, 0.2) is 6.29 Å². The summed E-state index contributed by atoms with van der Waals surface area (Å²) < 4.78 is 20.2. The topological polar surface area (TPSA) is 104 Å². The minimum atomic E-state index is -0.425. The maximum absolute atomic E-state index is 11.8. The Morgan fingerprint density at radius 1 is 1.05 bits per heavy atom. The van der Waals surface area contributed by atoms with Crippen LogP contribution in [-0.4, -0.2) is 64.8 Å². The number of carbonyl (C=O) groups excluding carboxylic acids is 1. The van der Waals surface area contributed by atoms with Crippen molar-refractivity contribution in [2.24, 2.45) is 14.1 Å². The third-order valence-electron chi connectivity index (χ3n) is 7.08. The van der Waals surface area contributed by atoms with E-state index in [1.54, 1.807) is 0 Å². The van der Waals surface area contributed by atoms with Gasteiger partial charge in [-0.15, -0.1) is 0 Å². The molecule has 2 N–H and O–H groups in total. The molecule has 1 fully saturated rings. The summed E-state index contributed by atoms with van der Waals surface area (Å²) in [6, 6.07) is 9.60. The van der Waals surface area contributed by atoms with E-state index in [9.17, 15) is 4.79 Å². The van der Waals surface area contributed by atoms with Gasteiger partial charge in [0.05, 0.1) is 24.6 Å². The van der Waals surface area contributed by atoms with E-state index >= 15 is 0 Å². The highest BCUT2D eigenvalue weighted by Gasteiger charge is 2.22. The van der Waals surface area contributed by atoms with Crippen molar-refractivity contribution in [3.05, 3.63) is 69.8 Å². The maximum Gasteiger partial charge on any atom is 0.407 e. The van der Waals surface area contributed by atoms with Gasteiger partial charge >= 0.3 is 6.09 Å². The number of fused-ring (bicyclic) bond motifs is 1. The molecule has 0 spiro atoms. The Labute approximate surface area is 232 Å². The lowest BCUT2D eigenvalue weighted by molar-refractivity contribution is -0.0402. The van der Waals surface area contributed by atoms with Crippen LogP contribution in [0.3, 0.4) is 0 Å². The molecule has 5 rings (SSSR count). The summed E-state index contributed by atoms with van der Waals surface area (Å²) in [7, 11) is 3.94. The van der Waals surface area contributed by atoms with Crippen LogP contribution in [0.15, 0.2) is 30.3 Å². The molecule has 10 heteroatoms. The molecule has 3 aromatic rings. The molecule has 1 saturated heterocycles. The third kappa shape index (κ3) is 8.39. The number of amides is 1. The van der Waals surface area contributed by atoms with Crippen molar-refractivity contribution in [2.75, 3.05) is 32.8 Å². The van der Waals surface area contributed by atoms with E-state index in [1.165, 1.54) is 17.0 Å². The van der Waals surface area contributed by atoms with Crippen LogP contribution in [0, 0.1) is 13.8 Å². The maximum atomic E-state index is 11.8. The fraction of sp³-hybridized carbons (Fsp3) is 0.552. The number of nitrogens with zero attached hydrogens (tertiary/aromatic N) is 4. The Kier molecular flexibility index (Phi) is 11.5. The lowest BCUT2D eigenvalue weighted by Crippen LogP contribution is -2.26. The minimum absolute atomic E-state index is 0. The predicted molar refractivity (Wildman–Crippen MR) is 151 cm³/mol. The van der Waals surface area contributed by atoms with E-state index in [0.29, 0.717) is 32.6 Å². The summed E-state index contributed by atoms with van der Waals surface area (Å²) in [5, 5.41) is 15.2. The van der Waals surface area contributed by atoms with Gasteiger partial charge in [0.2, 0.25) is 0 Å². The minimum Gasteiger partial charge on any atom is -0.445 e. The third-order valence-corrected chi connectivity index (χ3v) is 7.08. The first-order valence-electron chi connectivity index (χ1n) is 13.3. The normalized spacial score (nSPS) is 15.0. The van der Waals surface area contributed by atoms with Gasteiger partial charge in [0.25, 0.3) is 0 Å². The number of aromatic nitrogens is 4. The molecule has 0 aliphatic carbocycles. The molecule has 0 saturated carbocycles. The quantitative estimate of drug-likeness (QED) is 0.474. The molecule has 10 nitrogen and oxygen atoms in total. The molecule has 0 bridgehead atoms. The fourth-order valence-corrected chi connectivity index (χ4v) is 4.73. The molecule has 1 amide bonds. The number of rotatable bonds is 7. The van der Waals surface area contributed by atoms with Crippen LogP contribution in [0.5, 0.6) is 0 Å². The van der Waals surface area contributed by atoms with Gasteiger partial charge in [0.1, 0.15) is 6.61 Å². The Morgan fingerprint density at radius 3 is 2.49 bits per heavy atom. The molecule has 0 radical (unpaired) electrons. The van der Waals surface area contributed by atoms with Gasteiger partial charge in [-0.05, 0) is 37.9 Å². The monoisotopic (exact) mass is 540 g/mol. The molecule has 1 aromatic carbocycles. The lowest BCUT2D eigenvalue weighted by Gasteiger charge is -2.10. The van der Waals surface area contributed by atoms with Crippen molar-refractivity contribution in [1.82, 2.24) is 30.2 Å². The smallest absolute Gasteiger partial charge is 0.407 e. The number of benzene rings is 1. The van der Waals surface area contributed by atoms with Crippen molar-refractivity contribution in [2.45, 2.75) is 59.9 Å². The number of alkyl carbamates (subject to hydrolysis) is 1. The second-order valence-corrected chi connectivity index (χ2v) is 9.63. The van der Waals surface area contributed by atoms with E-state index in [4.69, 9.17) is 14.2 Å². The SMILES string of the molecule is C.Cc1c(CC2OCCO2)c(CCNC(=O)OCc2ccccc2)nn1C.Cc1c2c(nn1C)CCNCC2. The summed E-state index contributed by atoms with van der Waals surface area (Å²) in [5.74, 6) is 0. The number of aryl methyl sites for hydroxylation is 2. The Morgan fingerprint density at radius 2 is 1.74 bits per heavy atom. The average molecular weight is 541 g/mol. The Hall–Kier alpha value is -3.21. The molecule has 0 unspecified atom stereocenters. The molecule has 2 aliphatic rings. The van der Waals surface area contributed by atoms with Crippen LogP contribution in [0.25, 0.3) is 0 Å². The molecule has 0 atom stereocenters. The highest BCUT2D eigenvalue weighted by Crippen LogP contribution is 2.19. The first-order valence-corrected chi connectivity index (χ1v) is 13.3. The van der Waals surface area contributed by atoms with Gasteiger partial charge < -0.3 is 24.8 Å². The fourth-order valence-electron chi connectivity index (χ4n) is 4.73. The van der Waals surface area contributed by atoms with Gasteiger partial charge in [-0.1, -0.05) is 37.8 Å². The van der Waals surface area contributed by atoms with E-state index in [2.05, 4.69) is 27.8 Å².